The molecule has 1 aromatic rings. The summed E-state index contributed by atoms with van der Waals surface area (Å²) in [5, 5.41) is 3.59. The lowest BCUT2D eigenvalue weighted by Gasteiger charge is -2.34. The van der Waals surface area contributed by atoms with Gasteiger partial charge in [-0.1, -0.05) is 49.3 Å². The standard InChI is InChI=1S/C16H21N/c1-16(12-6-3-7-13-16)17-14-8-11-15-9-4-2-5-10-15/h2,4-5,9-10,17H,3,6-7,12-14H2,1H3. The van der Waals surface area contributed by atoms with Crippen molar-refractivity contribution in [1.82, 2.24) is 5.32 Å². The Bertz CT molecular complexity index is 391. The van der Waals surface area contributed by atoms with Gasteiger partial charge in [0.25, 0.3) is 0 Å². The second kappa shape index (κ2) is 5.89. The van der Waals surface area contributed by atoms with E-state index in [9.17, 15) is 0 Å². The Morgan fingerprint density at radius 2 is 1.82 bits per heavy atom. The lowest BCUT2D eigenvalue weighted by atomic mass is 9.83. The largest absolute Gasteiger partial charge is 0.301 e. The monoisotopic (exact) mass is 227 g/mol. The van der Waals surface area contributed by atoms with Crippen LogP contribution in [0.4, 0.5) is 0 Å². The van der Waals surface area contributed by atoms with Crippen molar-refractivity contribution in [2.24, 2.45) is 0 Å². The highest BCUT2D eigenvalue weighted by Gasteiger charge is 2.25. The molecule has 1 heteroatoms. The zero-order valence-corrected chi connectivity index (χ0v) is 10.6. The summed E-state index contributed by atoms with van der Waals surface area (Å²) in [5.74, 6) is 6.40. The van der Waals surface area contributed by atoms with Crippen molar-refractivity contribution in [3.63, 3.8) is 0 Å². The van der Waals surface area contributed by atoms with Crippen molar-refractivity contribution >= 4 is 0 Å². The first-order chi connectivity index (χ1) is 8.29. The minimum Gasteiger partial charge on any atom is -0.301 e. The van der Waals surface area contributed by atoms with Gasteiger partial charge in [-0.05, 0) is 31.9 Å². The minimum atomic E-state index is 0.323. The zero-order chi connectivity index (χ0) is 12.0. The van der Waals surface area contributed by atoms with Gasteiger partial charge in [-0.25, -0.2) is 0 Å². The molecule has 2 rings (SSSR count). The fraction of sp³-hybridized carbons (Fsp3) is 0.500. The van der Waals surface area contributed by atoms with E-state index in [1.165, 1.54) is 32.1 Å². The summed E-state index contributed by atoms with van der Waals surface area (Å²) >= 11 is 0. The molecule has 0 heterocycles. The normalized spacial score (nSPS) is 18.2. The van der Waals surface area contributed by atoms with Crippen molar-refractivity contribution in [1.29, 1.82) is 0 Å². The van der Waals surface area contributed by atoms with Crippen LogP contribution in [0.5, 0.6) is 0 Å². The molecular weight excluding hydrogens is 206 g/mol. The fourth-order valence-corrected chi connectivity index (χ4v) is 2.43. The van der Waals surface area contributed by atoms with Gasteiger partial charge in [0, 0.05) is 11.1 Å². The van der Waals surface area contributed by atoms with E-state index < -0.39 is 0 Å². The maximum Gasteiger partial charge on any atom is 0.0584 e. The Labute approximate surface area is 105 Å². The molecule has 0 amide bonds. The molecule has 0 atom stereocenters. The number of nitrogens with one attached hydrogen (secondary N) is 1. The van der Waals surface area contributed by atoms with Crippen LogP contribution in [0.15, 0.2) is 30.3 Å². The average Bonchev–Trinajstić information content (AvgIpc) is 2.37. The van der Waals surface area contributed by atoms with Crippen molar-refractivity contribution < 1.29 is 0 Å². The number of hydrogen-bond acceptors (Lipinski definition) is 1. The molecule has 0 saturated heterocycles. The van der Waals surface area contributed by atoms with Crippen molar-refractivity contribution in [3.8, 4) is 11.8 Å². The van der Waals surface area contributed by atoms with Crippen LogP contribution in [0.25, 0.3) is 0 Å². The number of benzene rings is 1. The van der Waals surface area contributed by atoms with Crippen LogP contribution >= 0.6 is 0 Å². The summed E-state index contributed by atoms with van der Waals surface area (Å²) < 4.78 is 0. The Morgan fingerprint density at radius 3 is 2.53 bits per heavy atom. The summed E-state index contributed by atoms with van der Waals surface area (Å²) in [6.45, 7) is 3.13. The van der Waals surface area contributed by atoms with E-state index >= 15 is 0 Å². The average molecular weight is 227 g/mol. The molecule has 0 aromatic heterocycles. The first-order valence-corrected chi connectivity index (χ1v) is 6.57. The molecule has 1 nitrogen and oxygen atoms in total. The lowest BCUT2D eigenvalue weighted by Crippen LogP contribution is -2.43. The van der Waals surface area contributed by atoms with Gasteiger partial charge < -0.3 is 5.32 Å². The third-order valence-corrected chi connectivity index (χ3v) is 3.57. The van der Waals surface area contributed by atoms with Gasteiger partial charge in [0.15, 0.2) is 0 Å². The van der Waals surface area contributed by atoms with E-state index in [0.29, 0.717) is 5.54 Å². The Morgan fingerprint density at radius 1 is 1.12 bits per heavy atom. The summed E-state index contributed by atoms with van der Waals surface area (Å²) in [5.41, 5.74) is 1.42. The number of rotatable bonds is 2. The van der Waals surface area contributed by atoms with Crippen LogP contribution < -0.4 is 5.32 Å². The van der Waals surface area contributed by atoms with Gasteiger partial charge in [0.1, 0.15) is 0 Å². The quantitative estimate of drug-likeness (QED) is 0.764. The molecule has 1 fully saturated rings. The predicted molar refractivity (Wildman–Crippen MR) is 72.8 cm³/mol. The molecule has 1 aromatic carbocycles. The number of hydrogen-bond donors (Lipinski definition) is 1. The maximum atomic E-state index is 3.59. The third kappa shape index (κ3) is 3.91. The smallest absolute Gasteiger partial charge is 0.0584 e. The van der Waals surface area contributed by atoms with Crippen LogP contribution in [0, 0.1) is 11.8 Å². The van der Waals surface area contributed by atoms with E-state index in [-0.39, 0.29) is 0 Å². The molecule has 1 N–H and O–H groups in total. The van der Waals surface area contributed by atoms with E-state index in [0.717, 1.165) is 12.1 Å². The summed E-state index contributed by atoms with van der Waals surface area (Å²) in [6, 6.07) is 10.2. The minimum absolute atomic E-state index is 0.323. The SMILES string of the molecule is CC1(NCC#Cc2ccccc2)CCCCC1. The van der Waals surface area contributed by atoms with E-state index in [1.54, 1.807) is 0 Å². The summed E-state index contributed by atoms with van der Waals surface area (Å²) in [7, 11) is 0. The first-order valence-electron chi connectivity index (χ1n) is 6.57. The van der Waals surface area contributed by atoms with Gasteiger partial charge in [-0.15, -0.1) is 0 Å². The van der Waals surface area contributed by atoms with Gasteiger partial charge >= 0.3 is 0 Å². The first kappa shape index (κ1) is 12.2. The lowest BCUT2D eigenvalue weighted by molar-refractivity contribution is 0.264. The molecule has 1 aliphatic rings. The van der Waals surface area contributed by atoms with Crippen LogP contribution in [0.1, 0.15) is 44.6 Å². The molecule has 0 spiro atoms. The molecular formula is C16H21N. The third-order valence-electron chi connectivity index (χ3n) is 3.57. The topological polar surface area (TPSA) is 12.0 Å². The van der Waals surface area contributed by atoms with Crippen LogP contribution in [0.3, 0.4) is 0 Å². The molecule has 1 saturated carbocycles. The van der Waals surface area contributed by atoms with Crippen LogP contribution in [0.2, 0.25) is 0 Å². The summed E-state index contributed by atoms with van der Waals surface area (Å²) in [6.07, 6.45) is 6.69. The van der Waals surface area contributed by atoms with Crippen molar-refractivity contribution in [2.75, 3.05) is 6.54 Å². The summed E-state index contributed by atoms with van der Waals surface area (Å²) in [4.78, 5) is 0. The van der Waals surface area contributed by atoms with E-state index in [1.807, 2.05) is 18.2 Å². The Balaban J connectivity index is 1.81. The van der Waals surface area contributed by atoms with Gasteiger partial charge in [-0.3, -0.25) is 0 Å². The fourth-order valence-electron chi connectivity index (χ4n) is 2.43. The zero-order valence-electron chi connectivity index (χ0n) is 10.6. The maximum absolute atomic E-state index is 3.59. The molecule has 0 unspecified atom stereocenters. The second-order valence-electron chi connectivity index (χ2n) is 5.14. The predicted octanol–water partition coefficient (Wildman–Crippen LogP) is 3.35. The molecule has 0 radical (unpaired) electrons. The van der Waals surface area contributed by atoms with Gasteiger partial charge in [0.2, 0.25) is 0 Å². The van der Waals surface area contributed by atoms with E-state index in [2.05, 4.69) is 36.2 Å². The molecule has 17 heavy (non-hydrogen) atoms. The van der Waals surface area contributed by atoms with Crippen molar-refractivity contribution in [3.05, 3.63) is 35.9 Å². The second-order valence-corrected chi connectivity index (χ2v) is 5.14. The highest BCUT2D eigenvalue weighted by atomic mass is 15.0. The highest BCUT2D eigenvalue weighted by molar-refractivity contribution is 5.33. The highest BCUT2D eigenvalue weighted by Crippen LogP contribution is 2.27. The van der Waals surface area contributed by atoms with Crippen molar-refractivity contribution in [2.45, 2.75) is 44.6 Å². The van der Waals surface area contributed by atoms with E-state index in [4.69, 9.17) is 0 Å². The molecule has 1 aliphatic carbocycles. The van der Waals surface area contributed by atoms with Gasteiger partial charge in [0.05, 0.1) is 6.54 Å². The Hall–Kier alpha value is -1.26. The van der Waals surface area contributed by atoms with Crippen LogP contribution in [-0.2, 0) is 0 Å². The molecule has 0 aliphatic heterocycles. The van der Waals surface area contributed by atoms with Gasteiger partial charge in [-0.2, -0.15) is 0 Å². The molecule has 90 valence electrons. The molecule has 0 bridgehead atoms. The van der Waals surface area contributed by atoms with Crippen LogP contribution in [-0.4, -0.2) is 12.1 Å². The Kier molecular flexibility index (Phi) is 4.23.